The zero-order valence-corrected chi connectivity index (χ0v) is 11.5. The first-order valence-corrected chi connectivity index (χ1v) is 7.65. The van der Waals surface area contributed by atoms with Crippen LogP contribution in [0, 0.1) is 0 Å². The van der Waals surface area contributed by atoms with Crippen molar-refractivity contribution in [3.8, 4) is 0 Å². The number of hydrogen-bond acceptors (Lipinski definition) is 3. The van der Waals surface area contributed by atoms with Gasteiger partial charge in [-0.25, -0.2) is 0 Å². The molecule has 0 aliphatic rings. The van der Waals surface area contributed by atoms with Crippen molar-refractivity contribution >= 4 is 29.0 Å². The van der Waals surface area contributed by atoms with Crippen LogP contribution in [0.25, 0.3) is 0 Å². The Balaban J connectivity index is 2.18. The highest BCUT2D eigenvalue weighted by Crippen LogP contribution is 2.09. The van der Waals surface area contributed by atoms with Crippen molar-refractivity contribution in [2.75, 3.05) is 11.5 Å². The number of thiophene rings is 1. The fourth-order valence-corrected chi connectivity index (χ4v) is 2.89. The molecule has 1 N–H and O–H groups in total. The normalized spacial score (nSPS) is 12.4. The van der Waals surface area contributed by atoms with Gasteiger partial charge in [-0.05, 0) is 36.3 Å². The third-order valence-corrected chi connectivity index (χ3v) is 4.03. The number of carbonyl (C=O) groups excluding carboxylic acids is 1. The second-order valence-corrected chi connectivity index (χ2v) is 6.14. The number of thioether (sulfide) groups is 1. The van der Waals surface area contributed by atoms with E-state index in [9.17, 15) is 4.79 Å². The minimum atomic E-state index is 0.136. The summed E-state index contributed by atoms with van der Waals surface area (Å²) in [5.74, 6) is 2.41. The standard InChI is InChI=1S/C12H19NOS2/c1-3-15-8-6-10(2)13-12(14)9-11-5-4-7-16-11/h4-5,7,10H,3,6,8-9H2,1-2H3,(H,13,14)/t10-/m0/s1. The van der Waals surface area contributed by atoms with E-state index in [1.165, 1.54) is 0 Å². The number of hydrogen-bond donors (Lipinski definition) is 1. The van der Waals surface area contributed by atoms with Gasteiger partial charge in [0.1, 0.15) is 0 Å². The van der Waals surface area contributed by atoms with Crippen molar-refractivity contribution in [2.24, 2.45) is 0 Å². The fourth-order valence-electron chi connectivity index (χ4n) is 1.37. The van der Waals surface area contributed by atoms with Gasteiger partial charge in [-0.2, -0.15) is 11.8 Å². The second-order valence-electron chi connectivity index (χ2n) is 3.71. The van der Waals surface area contributed by atoms with Crippen LogP contribution in [-0.2, 0) is 11.2 Å². The van der Waals surface area contributed by atoms with E-state index in [4.69, 9.17) is 0 Å². The molecule has 1 aromatic rings. The Labute approximate surface area is 106 Å². The molecule has 1 aromatic heterocycles. The van der Waals surface area contributed by atoms with Crippen LogP contribution < -0.4 is 5.32 Å². The van der Waals surface area contributed by atoms with Crippen LogP contribution >= 0.6 is 23.1 Å². The molecule has 1 heterocycles. The Morgan fingerprint density at radius 3 is 3.06 bits per heavy atom. The highest BCUT2D eigenvalue weighted by molar-refractivity contribution is 7.99. The molecule has 2 nitrogen and oxygen atoms in total. The summed E-state index contributed by atoms with van der Waals surface area (Å²) in [7, 11) is 0. The van der Waals surface area contributed by atoms with Crippen molar-refractivity contribution < 1.29 is 4.79 Å². The zero-order valence-electron chi connectivity index (χ0n) is 9.86. The molecular formula is C12H19NOS2. The Hall–Kier alpha value is -0.480. The molecule has 4 heteroatoms. The van der Waals surface area contributed by atoms with E-state index in [-0.39, 0.29) is 11.9 Å². The Bertz CT molecular complexity index is 298. The Kier molecular flexibility index (Phi) is 6.57. The van der Waals surface area contributed by atoms with Gasteiger partial charge in [-0.3, -0.25) is 4.79 Å². The molecule has 1 amide bonds. The summed E-state index contributed by atoms with van der Waals surface area (Å²) < 4.78 is 0. The van der Waals surface area contributed by atoms with Crippen molar-refractivity contribution in [1.82, 2.24) is 5.32 Å². The summed E-state index contributed by atoms with van der Waals surface area (Å²) in [6.45, 7) is 4.23. The van der Waals surface area contributed by atoms with Crippen LogP contribution in [0.3, 0.4) is 0 Å². The summed E-state index contributed by atoms with van der Waals surface area (Å²) in [5.41, 5.74) is 0. The van der Waals surface area contributed by atoms with Crippen LogP contribution in [0.2, 0.25) is 0 Å². The maximum Gasteiger partial charge on any atom is 0.225 e. The summed E-state index contributed by atoms with van der Waals surface area (Å²) in [6, 6.07) is 4.27. The minimum Gasteiger partial charge on any atom is -0.353 e. The molecule has 1 atom stereocenters. The fraction of sp³-hybridized carbons (Fsp3) is 0.583. The van der Waals surface area contributed by atoms with Gasteiger partial charge < -0.3 is 5.32 Å². The number of nitrogens with one attached hydrogen (secondary N) is 1. The zero-order chi connectivity index (χ0) is 11.8. The van der Waals surface area contributed by atoms with Crippen LogP contribution in [0.15, 0.2) is 17.5 Å². The quantitative estimate of drug-likeness (QED) is 0.761. The van der Waals surface area contributed by atoms with Crippen LogP contribution in [0.1, 0.15) is 25.1 Å². The Morgan fingerprint density at radius 2 is 2.44 bits per heavy atom. The van der Waals surface area contributed by atoms with Gasteiger partial charge in [0.15, 0.2) is 0 Å². The van der Waals surface area contributed by atoms with E-state index >= 15 is 0 Å². The third kappa shape index (κ3) is 5.56. The first-order chi connectivity index (χ1) is 7.72. The lowest BCUT2D eigenvalue weighted by atomic mass is 10.2. The van der Waals surface area contributed by atoms with E-state index < -0.39 is 0 Å². The summed E-state index contributed by atoms with van der Waals surface area (Å²) in [4.78, 5) is 12.8. The average Bonchev–Trinajstić information content (AvgIpc) is 2.70. The molecule has 0 saturated heterocycles. The van der Waals surface area contributed by atoms with E-state index in [1.807, 2.05) is 29.3 Å². The van der Waals surface area contributed by atoms with Crippen molar-refractivity contribution in [3.63, 3.8) is 0 Å². The molecule has 0 saturated carbocycles. The molecule has 90 valence electrons. The number of amides is 1. The predicted octanol–water partition coefficient (Wildman–Crippen LogP) is 2.94. The summed E-state index contributed by atoms with van der Waals surface area (Å²) in [6.07, 6.45) is 1.57. The van der Waals surface area contributed by atoms with E-state index in [1.54, 1.807) is 11.3 Å². The topological polar surface area (TPSA) is 29.1 Å². The molecule has 0 bridgehead atoms. The van der Waals surface area contributed by atoms with Gasteiger partial charge in [-0.1, -0.05) is 13.0 Å². The van der Waals surface area contributed by atoms with E-state index in [2.05, 4.69) is 19.2 Å². The summed E-state index contributed by atoms with van der Waals surface area (Å²) in [5, 5.41) is 5.04. The monoisotopic (exact) mass is 257 g/mol. The molecular weight excluding hydrogens is 238 g/mol. The van der Waals surface area contributed by atoms with E-state index in [0.717, 1.165) is 22.8 Å². The maximum atomic E-state index is 11.6. The lowest BCUT2D eigenvalue weighted by molar-refractivity contribution is -0.121. The van der Waals surface area contributed by atoms with Crippen LogP contribution in [-0.4, -0.2) is 23.5 Å². The van der Waals surface area contributed by atoms with Crippen molar-refractivity contribution in [2.45, 2.75) is 32.7 Å². The summed E-state index contributed by atoms with van der Waals surface area (Å²) >= 11 is 3.55. The first kappa shape index (κ1) is 13.6. The number of carbonyl (C=O) groups is 1. The van der Waals surface area contributed by atoms with Gasteiger partial charge in [0.2, 0.25) is 5.91 Å². The minimum absolute atomic E-state index is 0.136. The van der Waals surface area contributed by atoms with Gasteiger partial charge in [0.05, 0.1) is 6.42 Å². The molecule has 0 fully saturated rings. The van der Waals surface area contributed by atoms with Crippen LogP contribution in [0.4, 0.5) is 0 Å². The molecule has 0 radical (unpaired) electrons. The van der Waals surface area contributed by atoms with Crippen LogP contribution in [0.5, 0.6) is 0 Å². The molecule has 0 spiro atoms. The van der Waals surface area contributed by atoms with Gasteiger partial charge in [0.25, 0.3) is 0 Å². The lowest BCUT2D eigenvalue weighted by Crippen LogP contribution is -2.33. The second kappa shape index (κ2) is 7.74. The van der Waals surface area contributed by atoms with Gasteiger partial charge >= 0.3 is 0 Å². The molecule has 0 aliphatic carbocycles. The Morgan fingerprint density at radius 1 is 1.62 bits per heavy atom. The smallest absolute Gasteiger partial charge is 0.225 e. The highest BCUT2D eigenvalue weighted by atomic mass is 32.2. The van der Waals surface area contributed by atoms with Gasteiger partial charge in [-0.15, -0.1) is 11.3 Å². The van der Waals surface area contributed by atoms with Crippen molar-refractivity contribution in [3.05, 3.63) is 22.4 Å². The molecule has 0 unspecified atom stereocenters. The predicted molar refractivity (Wildman–Crippen MR) is 73.2 cm³/mol. The largest absolute Gasteiger partial charge is 0.353 e. The molecule has 0 aromatic carbocycles. The molecule has 16 heavy (non-hydrogen) atoms. The first-order valence-electron chi connectivity index (χ1n) is 5.62. The third-order valence-electron chi connectivity index (χ3n) is 2.22. The molecule has 0 aliphatic heterocycles. The average molecular weight is 257 g/mol. The van der Waals surface area contributed by atoms with Crippen molar-refractivity contribution in [1.29, 1.82) is 0 Å². The molecule has 1 rings (SSSR count). The lowest BCUT2D eigenvalue weighted by Gasteiger charge is -2.12. The maximum absolute atomic E-state index is 11.6. The van der Waals surface area contributed by atoms with E-state index in [0.29, 0.717) is 6.42 Å². The highest BCUT2D eigenvalue weighted by Gasteiger charge is 2.08. The SMILES string of the molecule is CCSCC[C@H](C)NC(=O)Cc1cccs1. The number of rotatable bonds is 7. The van der Waals surface area contributed by atoms with Gasteiger partial charge in [0, 0.05) is 10.9 Å².